The molecule has 0 aliphatic heterocycles. The van der Waals surface area contributed by atoms with Crippen molar-refractivity contribution in [3.63, 3.8) is 0 Å². The van der Waals surface area contributed by atoms with Crippen LogP contribution in [0.4, 0.5) is 0 Å². The highest BCUT2D eigenvalue weighted by Gasteiger charge is 2.25. The standard InChI is InChI=1S/C28H30Cl2N2O5/c1-17(33)21-7-6-19(29)12-22(21)23-13-27(35)32(16-26(23)36-5)24(8-9-37-28(2,3)4)25(34)11-18-10-20(30)15-31-14-18/h6-7,10,12-16,24H,8-9,11H2,1-5H3. The van der Waals surface area contributed by atoms with Gasteiger partial charge < -0.3 is 14.0 Å². The van der Waals surface area contributed by atoms with Crippen LogP contribution in [-0.2, 0) is 16.0 Å². The average molecular weight is 545 g/mol. The molecule has 3 aromatic rings. The van der Waals surface area contributed by atoms with Crippen LogP contribution >= 0.6 is 23.2 Å². The summed E-state index contributed by atoms with van der Waals surface area (Å²) in [7, 11) is 1.46. The number of pyridine rings is 2. The van der Waals surface area contributed by atoms with Gasteiger partial charge >= 0.3 is 0 Å². The van der Waals surface area contributed by atoms with Gasteiger partial charge in [0, 0.05) is 47.6 Å². The maximum Gasteiger partial charge on any atom is 0.252 e. The van der Waals surface area contributed by atoms with E-state index < -0.39 is 17.2 Å². The number of carbonyl (C=O) groups is 2. The van der Waals surface area contributed by atoms with Crippen LogP contribution < -0.4 is 10.3 Å². The first-order chi connectivity index (χ1) is 17.4. The van der Waals surface area contributed by atoms with Gasteiger partial charge in [0.2, 0.25) is 0 Å². The van der Waals surface area contributed by atoms with E-state index in [-0.39, 0.29) is 31.0 Å². The van der Waals surface area contributed by atoms with Crippen LogP contribution in [0.2, 0.25) is 10.0 Å². The molecular formula is C28H30Cl2N2O5. The van der Waals surface area contributed by atoms with Gasteiger partial charge in [-0.15, -0.1) is 0 Å². The third kappa shape index (κ3) is 7.51. The summed E-state index contributed by atoms with van der Waals surface area (Å²) in [6.45, 7) is 7.46. The van der Waals surface area contributed by atoms with Gasteiger partial charge in [-0.2, -0.15) is 0 Å². The number of Topliss-reactive ketones (excluding diaryl/α,β-unsaturated/α-hetero) is 2. The fourth-order valence-corrected chi connectivity index (χ4v) is 4.36. The van der Waals surface area contributed by atoms with Crippen LogP contribution in [0, 0.1) is 0 Å². The second-order valence-electron chi connectivity index (χ2n) is 9.67. The number of aromatic nitrogens is 2. The van der Waals surface area contributed by atoms with Crippen molar-refractivity contribution in [2.45, 2.75) is 52.2 Å². The lowest BCUT2D eigenvalue weighted by molar-refractivity contribution is -0.122. The molecule has 0 spiro atoms. The third-order valence-corrected chi connectivity index (χ3v) is 6.13. The Morgan fingerprint density at radius 1 is 1.05 bits per heavy atom. The number of hydrogen-bond donors (Lipinski definition) is 0. The summed E-state index contributed by atoms with van der Waals surface area (Å²) >= 11 is 12.2. The molecule has 1 aromatic carbocycles. The van der Waals surface area contributed by atoms with Gasteiger partial charge in [0.1, 0.15) is 5.75 Å². The van der Waals surface area contributed by atoms with E-state index >= 15 is 0 Å². The molecule has 0 N–H and O–H groups in total. The van der Waals surface area contributed by atoms with Crippen LogP contribution in [0.25, 0.3) is 11.1 Å². The number of halogens is 2. The summed E-state index contributed by atoms with van der Waals surface area (Å²) in [5, 5.41) is 0.831. The summed E-state index contributed by atoms with van der Waals surface area (Å²) in [5.41, 5.74) is 1.09. The highest BCUT2D eigenvalue weighted by atomic mass is 35.5. The Morgan fingerprint density at radius 2 is 1.78 bits per heavy atom. The lowest BCUT2D eigenvalue weighted by Gasteiger charge is -2.24. The van der Waals surface area contributed by atoms with Gasteiger partial charge in [0.15, 0.2) is 11.6 Å². The fourth-order valence-electron chi connectivity index (χ4n) is 4.00. The summed E-state index contributed by atoms with van der Waals surface area (Å²) in [5.74, 6) is -0.0607. The van der Waals surface area contributed by atoms with E-state index in [0.717, 1.165) is 0 Å². The van der Waals surface area contributed by atoms with Crippen LogP contribution in [0.15, 0.2) is 53.7 Å². The molecule has 0 aliphatic carbocycles. The smallest absolute Gasteiger partial charge is 0.252 e. The molecule has 0 saturated carbocycles. The van der Waals surface area contributed by atoms with Gasteiger partial charge in [-0.05, 0) is 69.5 Å². The second kappa shape index (κ2) is 12.0. The number of ketones is 2. The van der Waals surface area contributed by atoms with E-state index in [0.29, 0.717) is 38.0 Å². The third-order valence-electron chi connectivity index (χ3n) is 5.69. The van der Waals surface area contributed by atoms with Crippen molar-refractivity contribution in [2.24, 2.45) is 0 Å². The maximum atomic E-state index is 13.5. The Balaban J connectivity index is 2.08. The predicted molar refractivity (Wildman–Crippen MR) is 145 cm³/mol. The van der Waals surface area contributed by atoms with Crippen molar-refractivity contribution in [1.82, 2.24) is 9.55 Å². The quantitative estimate of drug-likeness (QED) is 0.291. The summed E-state index contributed by atoms with van der Waals surface area (Å²) in [6.07, 6.45) is 4.86. The summed E-state index contributed by atoms with van der Waals surface area (Å²) < 4.78 is 12.8. The molecule has 0 saturated heterocycles. The van der Waals surface area contributed by atoms with Crippen LogP contribution in [0.5, 0.6) is 5.75 Å². The average Bonchev–Trinajstić information content (AvgIpc) is 2.81. The molecule has 0 aliphatic rings. The predicted octanol–water partition coefficient (Wildman–Crippen LogP) is 5.99. The first-order valence-electron chi connectivity index (χ1n) is 11.8. The SMILES string of the molecule is COc1cn(C(CCOC(C)(C)C)C(=O)Cc2cncc(Cl)c2)c(=O)cc1-c1cc(Cl)ccc1C(C)=O. The Labute approximate surface area is 226 Å². The van der Waals surface area contributed by atoms with Gasteiger partial charge in [-0.25, -0.2) is 0 Å². The van der Waals surface area contributed by atoms with Gasteiger partial charge in [-0.3, -0.25) is 19.4 Å². The molecule has 0 bridgehead atoms. The minimum atomic E-state index is -0.830. The molecule has 9 heteroatoms. The molecular weight excluding hydrogens is 515 g/mol. The molecule has 1 unspecified atom stereocenters. The maximum absolute atomic E-state index is 13.5. The van der Waals surface area contributed by atoms with Crippen molar-refractivity contribution in [2.75, 3.05) is 13.7 Å². The first kappa shape index (κ1) is 28.6. The van der Waals surface area contributed by atoms with E-state index in [4.69, 9.17) is 32.7 Å². The minimum absolute atomic E-state index is 0.0348. The number of nitrogens with zero attached hydrogens (tertiary/aromatic N) is 2. The van der Waals surface area contributed by atoms with Crippen molar-refractivity contribution in [3.05, 3.63) is 80.4 Å². The zero-order valence-corrected chi connectivity index (χ0v) is 23.0. The van der Waals surface area contributed by atoms with Crippen molar-refractivity contribution in [1.29, 1.82) is 0 Å². The van der Waals surface area contributed by atoms with Gasteiger partial charge in [0.05, 0.1) is 30.0 Å². The number of carbonyl (C=O) groups excluding carboxylic acids is 2. The number of rotatable bonds is 10. The molecule has 1 atom stereocenters. The Hall–Kier alpha value is -3.00. The highest BCUT2D eigenvalue weighted by molar-refractivity contribution is 6.31. The minimum Gasteiger partial charge on any atom is -0.495 e. The Kier molecular flexibility index (Phi) is 9.29. The fraction of sp³-hybridized carbons (Fsp3) is 0.357. The summed E-state index contributed by atoms with van der Waals surface area (Å²) in [6, 6.07) is 7.05. The molecule has 2 aromatic heterocycles. The van der Waals surface area contributed by atoms with E-state index in [1.165, 1.54) is 37.1 Å². The normalized spacial score (nSPS) is 12.3. The van der Waals surface area contributed by atoms with E-state index in [2.05, 4.69) is 4.98 Å². The number of benzene rings is 1. The zero-order chi connectivity index (χ0) is 27.3. The Bertz CT molecular complexity index is 1360. The van der Waals surface area contributed by atoms with Crippen LogP contribution in [-0.4, -0.2) is 40.4 Å². The lowest BCUT2D eigenvalue weighted by atomic mass is 9.97. The van der Waals surface area contributed by atoms with Crippen LogP contribution in [0.1, 0.15) is 56.1 Å². The van der Waals surface area contributed by atoms with E-state index in [9.17, 15) is 14.4 Å². The number of hydrogen-bond acceptors (Lipinski definition) is 6. The summed E-state index contributed by atoms with van der Waals surface area (Å²) in [4.78, 5) is 43.2. The molecule has 0 radical (unpaired) electrons. The first-order valence-corrected chi connectivity index (χ1v) is 12.5. The lowest BCUT2D eigenvalue weighted by Crippen LogP contribution is -2.32. The topological polar surface area (TPSA) is 87.5 Å². The van der Waals surface area contributed by atoms with E-state index in [1.54, 1.807) is 30.5 Å². The Morgan fingerprint density at radius 3 is 2.41 bits per heavy atom. The molecule has 37 heavy (non-hydrogen) atoms. The second-order valence-corrected chi connectivity index (χ2v) is 10.5. The van der Waals surface area contributed by atoms with Gasteiger partial charge in [0.25, 0.3) is 5.56 Å². The monoisotopic (exact) mass is 544 g/mol. The largest absolute Gasteiger partial charge is 0.495 e. The highest BCUT2D eigenvalue weighted by Crippen LogP contribution is 2.34. The van der Waals surface area contributed by atoms with Crippen LogP contribution in [0.3, 0.4) is 0 Å². The zero-order valence-electron chi connectivity index (χ0n) is 21.5. The number of ether oxygens (including phenoxy) is 2. The van der Waals surface area contributed by atoms with Crippen molar-refractivity contribution < 1.29 is 19.1 Å². The van der Waals surface area contributed by atoms with Gasteiger partial charge in [-0.1, -0.05) is 23.2 Å². The van der Waals surface area contributed by atoms with Crippen molar-refractivity contribution in [3.8, 4) is 16.9 Å². The number of methoxy groups -OCH3 is 1. The molecule has 2 heterocycles. The molecule has 0 amide bonds. The molecule has 196 valence electrons. The van der Waals surface area contributed by atoms with E-state index in [1.807, 2.05) is 20.8 Å². The molecule has 0 fully saturated rings. The molecule has 3 rings (SSSR count). The van der Waals surface area contributed by atoms with Crippen molar-refractivity contribution >= 4 is 34.8 Å². The molecule has 7 nitrogen and oxygen atoms in total.